The van der Waals surface area contributed by atoms with E-state index in [1.807, 2.05) is 18.4 Å². The van der Waals surface area contributed by atoms with Gasteiger partial charge >= 0.3 is 0 Å². The number of thiophene rings is 1. The fourth-order valence-corrected chi connectivity index (χ4v) is 3.21. The molecule has 1 saturated carbocycles. The van der Waals surface area contributed by atoms with Crippen molar-refractivity contribution in [3.05, 3.63) is 21.9 Å². The molecule has 0 amide bonds. The number of carbonyl (C=O) groups excluding carboxylic acids is 1. The highest BCUT2D eigenvalue weighted by Gasteiger charge is 2.40. The van der Waals surface area contributed by atoms with Gasteiger partial charge in [-0.25, -0.2) is 0 Å². The van der Waals surface area contributed by atoms with Crippen molar-refractivity contribution in [3.8, 4) is 0 Å². The molecule has 2 nitrogen and oxygen atoms in total. The molecule has 0 atom stereocenters. The summed E-state index contributed by atoms with van der Waals surface area (Å²) in [5, 5.41) is 1.98. The lowest BCUT2D eigenvalue weighted by Gasteiger charge is -2.34. The van der Waals surface area contributed by atoms with Crippen LogP contribution in [0.3, 0.4) is 0 Å². The van der Waals surface area contributed by atoms with Crippen molar-refractivity contribution in [1.29, 1.82) is 0 Å². The summed E-state index contributed by atoms with van der Waals surface area (Å²) in [6.07, 6.45) is 5.17. The van der Waals surface area contributed by atoms with Gasteiger partial charge < -0.3 is 4.74 Å². The van der Waals surface area contributed by atoms with Crippen molar-refractivity contribution < 1.29 is 9.53 Å². The Morgan fingerprint density at radius 2 is 2.06 bits per heavy atom. The monoisotopic (exact) mass is 238 g/mol. The van der Waals surface area contributed by atoms with Crippen LogP contribution >= 0.6 is 11.3 Å². The number of hydrogen-bond donors (Lipinski definition) is 0. The summed E-state index contributed by atoms with van der Waals surface area (Å²) in [6, 6.07) is 1.93. The molecule has 1 aliphatic rings. The Kier molecular flexibility index (Phi) is 3.45. The van der Waals surface area contributed by atoms with Crippen LogP contribution in [0.5, 0.6) is 0 Å². The van der Waals surface area contributed by atoms with Gasteiger partial charge in [0, 0.05) is 17.6 Å². The normalized spacial score (nSPS) is 19.6. The molecule has 0 N–H and O–H groups in total. The zero-order valence-corrected chi connectivity index (χ0v) is 10.7. The lowest BCUT2D eigenvalue weighted by Crippen LogP contribution is -2.42. The quantitative estimate of drug-likeness (QED) is 0.752. The van der Waals surface area contributed by atoms with E-state index in [1.165, 1.54) is 6.42 Å². The van der Waals surface area contributed by atoms with Crippen LogP contribution in [-0.4, -0.2) is 18.5 Å². The first-order valence-corrected chi connectivity index (χ1v) is 6.72. The number of ketones is 1. The minimum atomic E-state index is -0.538. The van der Waals surface area contributed by atoms with Crippen LogP contribution in [0.4, 0.5) is 0 Å². The van der Waals surface area contributed by atoms with Crippen molar-refractivity contribution in [2.45, 2.75) is 44.6 Å². The highest BCUT2D eigenvalue weighted by atomic mass is 32.1. The third-order valence-electron chi connectivity index (χ3n) is 3.57. The summed E-state index contributed by atoms with van der Waals surface area (Å²) < 4.78 is 5.57. The molecule has 0 radical (unpaired) electrons. The van der Waals surface area contributed by atoms with E-state index < -0.39 is 5.60 Å². The number of aryl methyl sites for hydroxylation is 1. The fraction of sp³-hybridized carbons (Fsp3) is 0.615. The summed E-state index contributed by atoms with van der Waals surface area (Å²) in [7, 11) is 1.67. The van der Waals surface area contributed by atoms with Gasteiger partial charge in [-0.1, -0.05) is 19.3 Å². The van der Waals surface area contributed by atoms with E-state index >= 15 is 0 Å². The third-order valence-corrected chi connectivity index (χ3v) is 4.41. The number of Topliss-reactive ketones (excluding diaryl/α,β-unsaturated/α-hetero) is 1. The average molecular weight is 238 g/mol. The Hall–Kier alpha value is -0.670. The van der Waals surface area contributed by atoms with Crippen LogP contribution in [-0.2, 0) is 4.74 Å². The van der Waals surface area contributed by atoms with Crippen LogP contribution in [0.2, 0.25) is 0 Å². The minimum Gasteiger partial charge on any atom is -0.370 e. The zero-order valence-electron chi connectivity index (χ0n) is 9.91. The Morgan fingerprint density at radius 1 is 1.38 bits per heavy atom. The van der Waals surface area contributed by atoms with Gasteiger partial charge in [-0.3, -0.25) is 4.79 Å². The summed E-state index contributed by atoms with van der Waals surface area (Å²) in [5.41, 5.74) is 0.318. The second kappa shape index (κ2) is 4.68. The predicted molar refractivity (Wildman–Crippen MR) is 66.2 cm³/mol. The third kappa shape index (κ3) is 1.94. The topological polar surface area (TPSA) is 26.3 Å². The maximum absolute atomic E-state index is 12.5. The Labute approximate surface area is 101 Å². The molecule has 0 saturated heterocycles. The smallest absolute Gasteiger partial charge is 0.195 e. The maximum atomic E-state index is 12.5. The molecule has 0 aliphatic heterocycles. The van der Waals surface area contributed by atoms with Crippen molar-refractivity contribution in [2.24, 2.45) is 0 Å². The molecule has 1 aromatic rings. The Balaban J connectivity index is 2.28. The number of methoxy groups -OCH3 is 1. The van der Waals surface area contributed by atoms with Crippen LogP contribution < -0.4 is 0 Å². The van der Waals surface area contributed by atoms with E-state index in [2.05, 4.69) is 0 Å². The lowest BCUT2D eigenvalue weighted by molar-refractivity contribution is -0.0194. The molecule has 88 valence electrons. The SMILES string of the molecule is COC1(C(=O)c2ccsc2C)CCCCC1. The molecule has 16 heavy (non-hydrogen) atoms. The first kappa shape index (κ1) is 11.8. The number of rotatable bonds is 3. The van der Waals surface area contributed by atoms with Gasteiger partial charge in [0.15, 0.2) is 5.78 Å². The molecule has 0 spiro atoms. The molecule has 0 aromatic carbocycles. The molecule has 1 aliphatic carbocycles. The van der Waals surface area contributed by atoms with Crippen molar-refractivity contribution in [1.82, 2.24) is 0 Å². The van der Waals surface area contributed by atoms with Crippen LogP contribution in [0.15, 0.2) is 11.4 Å². The van der Waals surface area contributed by atoms with E-state index in [0.29, 0.717) is 0 Å². The maximum Gasteiger partial charge on any atom is 0.195 e. The van der Waals surface area contributed by atoms with Gasteiger partial charge in [0.25, 0.3) is 0 Å². The predicted octanol–water partition coefficient (Wildman–Crippen LogP) is 3.59. The average Bonchev–Trinajstić information content (AvgIpc) is 2.75. The summed E-state index contributed by atoms with van der Waals surface area (Å²) in [4.78, 5) is 13.6. The molecule has 0 bridgehead atoms. The summed E-state index contributed by atoms with van der Waals surface area (Å²) in [5.74, 6) is 0.188. The van der Waals surface area contributed by atoms with Gasteiger partial charge in [0.2, 0.25) is 0 Å². The highest BCUT2D eigenvalue weighted by molar-refractivity contribution is 7.10. The van der Waals surface area contributed by atoms with Gasteiger partial charge in [-0.2, -0.15) is 0 Å². The van der Waals surface area contributed by atoms with Gasteiger partial charge in [-0.15, -0.1) is 11.3 Å². The molecular weight excluding hydrogens is 220 g/mol. The van der Waals surface area contributed by atoms with Gasteiger partial charge in [0.05, 0.1) is 0 Å². The molecule has 1 heterocycles. The second-order valence-corrected chi connectivity index (χ2v) is 5.60. The minimum absolute atomic E-state index is 0.188. The number of hydrogen-bond acceptors (Lipinski definition) is 3. The van der Waals surface area contributed by atoms with Crippen molar-refractivity contribution in [3.63, 3.8) is 0 Å². The number of ether oxygens (including phenoxy) is 1. The summed E-state index contributed by atoms with van der Waals surface area (Å²) in [6.45, 7) is 2.00. The largest absolute Gasteiger partial charge is 0.370 e. The molecular formula is C13H18O2S. The Morgan fingerprint density at radius 3 is 2.56 bits per heavy atom. The van der Waals surface area contributed by atoms with Gasteiger partial charge in [-0.05, 0) is 31.2 Å². The van der Waals surface area contributed by atoms with E-state index in [1.54, 1.807) is 18.4 Å². The fourth-order valence-electron chi connectivity index (χ4n) is 2.51. The number of carbonyl (C=O) groups is 1. The molecule has 2 rings (SSSR count). The molecule has 1 fully saturated rings. The standard InChI is InChI=1S/C13H18O2S/c1-10-11(6-9-16-10)12(14)13(15-2)7-4-3-5-8-13/h6,9H,3-5,7-8H2,1-2H3. The van der Waals surface area contributed by atoms with E-state index in [0.717, 1.165) is 36.1 Å². The van der Waals surface area contributed by atoms with Crippen LogP contribution in [0.1, 0.15) is 47.3 Å². The van der Waals surface area contributed by atoms with E-state index in [9.17, 15) is 4.79 Å². The second-order valence-electron chi connectivity index (χ2n) is 4.48. The highest BCUT2D eigenvalue weighted by Crippen LogP contribution is 2.35. The van der Waals surface area contributed by atoms with Gasteiger partial charge in [0.1, 0.15) is 5.60 Å². The lowest BCUT2D eigenvalue weighted by atomic mass is 9.79. The molecule has 3 heteroatoms. The molecule has 0 unspecified atom stereocenters. The first-order chi connectivity index (χ1) is 7.69. The van der Waals surface area contributed by atoms with Crippen LogP contribution in [0, 0.1) is 6.92 Å². The van der Waals surface area contributed by atoms with E-state index in [4.69, 9.17) is 4.74 Å². The summed E-state index contributed by atoms with van der Waals surface area (Å²) >= 11 is 1.63. The first-order valence-electron chi connectivity index (χ1n) is 5.84. The Bertz CT molecular complexity index is 375. The van der Waals surface area contributed by atoms with Crippen LogP contribution in [0.25, 0.3) is 0 Å². The van der Waals surface area contributed by atoms with E-state index in [-0.39, 0.29) is 5.78 Å². The molecule has 1 aromatic heterocycles. The van der Waals surface area contributed by atoms with Crippen molar-refractivity contribution >= 4 is 17.1 Å². The van der Waals surface area contributed by atoms with Crippen molar-refractivity contribution in [2.75, 3.05) is 7.11 Å². The zero-order chi connectivity index (χ0) is 11.6.